The van der Waals surface area contributed by atoms with Crippen LogP contribution in [0.3, 0.4) is 0 Å². The van der Waals surface area contributed by atoms with Crippen molar-refractivity contribution in [3.8, 4) is 0 Å². The normalized spacial score (nSPS) is 24.8. The number of azo groups is 1. The molecule has 3 aliphatic rings. The maximum Gasteiger partial charge on any atom is 0.282 e. The van der Waals surface area contributed by atoms with Crippen molar-refractivity contribution in [1.82, 2.24) is 20.6 Å². The van der Waals surface area contributed by atoms with E-state index >= 15 is 0 Å². The van der Waals surface area contributed by atoms with E-state index in [9.17, 15) is 13.6 Å². The topological polar surface area (TPSA) is 94.9 Å². The number of rotatable bonds is 5. The van der Waals surface area contributed by atoms with Gasteiger partial charge in [-0.05, 0) is 44.0 Å². The molecule has 4 heterocycles. The molecular weight excluding hydrogens is 452 g/mol. The fourth-order valence-corrected chi connectivity index (χ4v) is 5.47. The molecule has 0 radical (unpaired) electrons. The van der Waals surface area contributed by atoms with Crippen LogP contribution in [-0.2, 0) is 10.2 Å². The molecule has 35 heavy (non-hydrogen) atoms. The smallest absolute Gasteiger partial charge is 0.282 e. The maximum absolute atomic E-state index is 14.2. The number of anilines is 2. The number of allylic oxidation sites excluding steroid dienone is 1. The van der Waals surface area contributed by atoms with E-state index in [1.165, 1.54) is 0 Å². The number of carbonyl (C=O) groups is 1. The SMILES string of the molecule is CC[C@@]1(c2cccc(N(C)c3ncccn3)c2)C2=C(CC(C)(C)NC2=O)NC2N=NC(C(F)F)=C21. The van der Waals surface area contributed by atoms with Crippen molar-refractivity contribution in [2.24, 2.45) is 10.2 Å². The van der Waals surface area contributed by atoms with E-state index in [0.717, 1.165) is 11.3 Å². The monoisotopic (exact) mass is 479 g/mol. The van der Waals surface area contributed by atoms with Gasteiger partial charge < -0.3 is 15.5 Å². The summed E-state index contributed by atoms with van der Waals surface area (Å²) in [4.78, 5) is 24.0. The van der Waals surface area contributed by atoms with Crippen molar-refractivity contribution >= 4 is 17.5 Å². The molecule has 0 bridgehead atoms. The predicted molar refractivity (Wildman–Crippen MR) is 127 cm³/mol. The van der Waals surface area contributed by atoms with E-state index in [4.69, 9.17) is 0 Å². The number of nitrogens with one attached hydrogen (secondary N) is 2. The second kappa shape index (κ2) is 8.21. The summed E-state index contributed by atoms with van der Waals surface area (Å²) in [5, 5.41) is 14.3. The van der Waals surface area contributed by atoms with Crippen LogP contribution in [0.2, 0.25) is 0 Å². The van der Waals surface area contributed by atoms with E-state index < -0.39 is 23.5 Å². The van der Waals surface area contributed by atoms with Gasteiger partial charge in [0.05, 0.1) is 11.0 Å². The van der Waals surface area contributed by atoms with E-state index in [0.29, 0.717) is 35.6 Å². The second-order valence-corrected chi connectivity index (χ2v) is 9.65. The van der Waals surface area contributed by atoms with Crippen molar-refractivity contribution in [3.63, 3.8) is 0 Å². The van der Waals surface area contributed by atoms with Gasteiger partial charge in [-0.1, -0.05) is 19.1 Å². The van der Waals surface area contributed by atoms with E-state index in [1.54, 1.807) is 18.5 Å². The van der Waals surface area contributed by atoms with Gasteiger partial charge in [-0.15, -0.1) is 0 Å². The van der Waals surface area contributed by atoms with Gasteiger partial charge in [0.2, 0.25) is 5.95 Å². The minimum atomic E-state index is -2.82. The molecule has 0 aliphatic carbocycles. The van der Waals surface area contributed by atoms with Crippen LogP contribution in [0.1, 0.15) is 39.2 Å². The lowest BCUT2D eigenvalue weighted by atomic mass is 9.61. The summed E-state index contributed by atoms with van der Waals surface area (Å²) in [6, 6.07) is 9.27. The lowest BCUT2D eigenvalue weighted by Gasteiger charge is -2.48. The fraction of sp³-hybridized carbons (Fsp3) is 0.400. The van der Waals surface area contributed by atoms with Gasteiger partial charge in [-0.2, -0.15) is 10.2 Å². The van der Waals surface area contributed by atoms with Crippen LogP contribution in [0.15, 0.2) is 75.5 Å². The fourth-order valence-electron chi connectivity index (χ4n) is 5.47. The molecule has 1 aromatic heterocycles. The summed E-state index contributed by atoms with van der Waals surface area (Å²) < 4.78 is 28.4. The lowest BCUT2D eigenvalue weighted by molar-refractivity contribution is -0.120. The zero-order valence-corrected chi connectivity index (χ0v) is 20.0. The zero-order valence-electron chi connectivity index (χ0n) is 20.0. The number of benzene rings is 1. The molecule has 1 amide bonds. The highest BCUT2D eigenvalue weighted by Gasteiger charge is 2.55. The summed E-state index contributed by atoms with van der Waals surface area (Å²) in [7, 11) is 1.84. The molecule has 0 spiro atoms. The molecule has 0 saturated heterocycles. The zero-order chi connectivity index (χ0) is 25.0. The standard InChI is InChI=1S/C25H27F2N7O/c1-5-25(14-8-6-9-15(12-14)34(4)23-28-10-7-11-29-23)17-16(13-24(2,3)31-22(17)35)30-21-18(25)19(20(26)27)32-33-21/h6-12,20-21,30H,5,13H2,1-4H3,(H,31,35)/t21?,25-/m1/s1. The Bertz CT molecular complexity index is 1270. The number of alkyl halides is 2. The molecule has 2 atom stereocenters. The first-order valence-corrected chi connectivity index (χ1v) is 11.6. The predicted octanol–water partition coefficient (Wildman–Crippen LogP) is 4.36. The Kier molecular flexibility index (Phi) is 5.41. The first kappa shape index (κ1) is 23.1. The largest absolute Gasteiger partial charge is 0.362 e. The Balaban J connectivity index is 1.75. The Labute approximate surface area is 202 Å². The third-order valence-electron chi connectivity index (χ3n) is 6.94. The highest BCUT2D eigenvalue weighted by molar-refractivity contribution is 6.00. The Morgan fingerprint density at radius 3 is 2.63 bits per heavy atom. The molecule has 2 aromatic rings. The van der Waals surface area contributed by atoms with Crippen LogP contribution >= 0.6 is 0 Å². The van der Waals surface area contributed by atoms with Crippen molar-refractivity contribution in [3.05, 3.63) is 70.8 Å². The van der Waals surface area contributed by atoms with E-state index in [-0.39, 0.29) is 11.6 Å². The lowest BCUT2D eigenvalue weighted by Crippen LogP contribution is -2.58. The van der Waals surface area contributed by atoms with E-state index in [1.807, 2.05) is 57.0 Å². The van der Waals surface area contributed by atoms with Gasteiger partial charge >= 0.3 is 0 Å². The van der Waals surface area contributed by atoms with E-state index in [2.05, 4.69) is 30.8 Å². The Hall–Kier alpha value is -3.69. The third kappa shape index (κ3) is 3.59. The molecule has 0 fully saturated rings. The van der Waals surface area contributed by atoms with Crippen LogP contribution in [0, 0.1) is 0 Å². The van der Waals surface area contributed by atoms with Crippen LogP contribution < -0.4 is 15.5 Å². The average Bonchev–Trinajstić information content (AvgIpc) is 3.26. The number of hydrogen-bond acceptors (Lipinski definition) is 7. The minimum Gasteiger partial charge on any atom is -0.362 e. The number of amides is 1. The highest BCUT2D eigenvalue weighted by atomic mass is 19.3. The van der Waals surface area contributed by atoms with Crippen LogP contribution in [-0.4, -0.2) is 41.1 Å². The third-order valence-corrected chi connectivity index (χ3v) is 6.94. The summed E-state index contributed by atoms with van der Waals surface area (Å²) >= 11 is 0. The van der Waals surface area contributed by atoms with Crippen LogP contribution in [0.5, 0.6) is 0 Å². The molecule has 1 aromatic carbocycles. The maximum atomic E-state index is 14.2. The van der Waals surface area contributed by atoms with Gasteiger partial charge in [0.1, 0.15) is 5.70 Å². The number of fused-ring (bicyclic) bond motifs is 1. The molecule has 182 valence electrons. The van der Waals surface area contributed by atoms with Gasteiger partial charge in [0.15, 0.2) is 6.17 Å². The molecule has 3 aliphatic heterocycles. The molecule has 2 N–H and O–H groups in total. The summed E-state index contributed by atoms with van der Waals surface area (Å²) in [6.07, 6.45) is 0.638. The molecule has 10 heteroatoms. The Morgan fingerprint density at radius 2 is 1.94 bits per heavy atom. The first-order chi connectivity index (χ1) is 16.7. The number of carbonyl (C=O) groups excluding carboxylic acids is 1. The summed E-state index contributed by atoms with van der Waals surface area (Å²) in [5.41, 5.74) is 0.988. The van der Waals surface area contributed by atoms with Crippen LogP contribution in [0.25, 0.3) is 0 Å². The average molecular weight is 480 g/mol. The van der Waals surface area contributed by atoms with Gasteiger partial charge in [0, 0.05) is 48.4 Å². The summed E-state index contributed by atoms with van der Waals surface area (Å²) in [6.45, 7) is 5.78. The van der Waals surface area contributed by atoms with Crippen molar-refractivity contribution in [2.75, 3.05) is 11.9 Å². The van der Waals surface area contributed by atoms with Gasteiger partial charge in [0.25, 0.3) is 12.3 Å². The summed E-state index contributed by atoms with van der Waals surface area (Å²) in [5.74, 6) is 0.219. The number of aromatic nitrogens is 2. The molecule has 8 nitrogen and oxygen atoms in total. The van der Waals surface area contributed by atoms with Gasteiger partial charge in [-0.3, -0.25) is 4.79 Å². The minimum absolute atomic E-state index is 0.276. The van der Waals surface area contributed by atoms with Crippen molar-refractivity contribution in [2.45, 2.75) is 57.2 Å². The van der Waals surface area contributed by atoms with Crippen molar-refractivity contribution < 1.29 is 13.6 Å². The number of hydrogen-bond donors (Lipinski definition) is 2. The molecule has 5 rings (SSSR count). The number of halogens is 2. The Morgan fingerprint density at radius 1 is 1.20 bits per heavy atom. The second-order valence-electron chi connectivity index (χ2n) is 9.65. The molecule has 0 saturated carbocycles. The first-order valence-electron chi connectivity index (χ1n) is 11.6. The van der Waals surface area contributed by atoms with Crippen molar-refractivity contribution in [1.29, 1.82) is 0 Å². The quantitative estimate of drug-likeness (QED) is 0.665. The molecule has 1 unspecified atom stereocenters. The number of nitrogens with zero attached hydrogens (tertiary/aromatic N) is 5. The van der Waals surface area contributed by atoms with Gasteiger partial charge in [-0.25, -0.2) is 18.7 Å². The van der Waals surface area contributed by atoms with Crippen LogP contribution in [0.4, 0.5) is 20.4 Å². The molecular formula is C25H27F2N7O. The highest BCUT2D eigenvalue weighted by Crippen LogP contribution is 2.53.